The minimum atomic E-state index is -0.611. The summed E-state index contributed by atoms with van der Waals surface area (Å²) in [7, 11) is 2.49. The Morgan fingerprint density at radius 2 is 1.70 bits per heavy atom. The van der Waals surface area contributed by atoms with Crippen LogP contribution >= 0.6 is 0 Å². The zero-order valence-corrected chi connectivity index (χ0v) is 17.1. The van der Waals surface area contributed by atoms with Crippen molar-refractivity contribution in [3.05, 3.63) is 53.5 Å². The van der Waals surface area contributed by atoms with Crippen LogP contribution in [0.5, 0.6) is 0 Å². The van der Waals surface area contributed by atoms with E-state index in [1.165, 1.54) is 32.4 Å². The molecule has 1 aliphatic heterocycles. The first-order valence-electron chi connectivity index (χ1n) is 9.62. The van der Waals surface area contributed by atoms with Crippen molar-refractivity contribution < 1.29 is 28.3 Å². The number of rotatable bonds is 5. The third-order valence-electron chi connectivity index (χ3n) is 4.86. The van der Waals surface area contributed by atoms with Crippen LogP contribution < -0.4 is 5.32 Å². The van der Waals surface area contributed by atoms with Crippen molar-refractivity contribution in [2.45, 2.75) is 13.0 Å². The van der Waals surface area contributed by atoms with Crippen LogP contribution in [0.4, 0.5) is 10.5 Å². The molecule has 0 radical (unpaired) electrons. The first-order valence-corrected chi connectivity index (χ1v) is 9.62. The number of hydrogen-bond donors (Lipinski definition) is 1. The zero-order chi connectivity index (χ0) is 21.5. The molecule has 0 atom stereocenters. The van der Waals surface area contributed by atoms with Gasteiger partial charge in [-0.05, 0) is 36.8 Å². The number of carbonyl (C=O) groups is 3. The molecule has 2 aromatic rings. The molecule has 9 nitrogen and oxygen atoms in total. The normalized spacial score (nSPS) is 14.7. The predicted molar refractivity (Wildman–Crippen MR) is 108 cm³/mol. The monoisotopic (exact) mass is 415 g/mol. The van der Waals surface area contributed by atoms with Crippen LogP contribution in [0, 0.1) is 0 Å². The third-order valence-corrected chi connectivity index (χ3v) is 4.86. The van der Waals surface area contributed by atoms with Gasteiger partial charge in [0.1, 0.15) is 5.76 Å². The average molecular weight is 415 g/mol. The molecule has 2 amide bonds. The Kier molecular flexibility index (Phi) is 7.08. The van der Waals surface area contributed by atoms with E-state index in [1.807, 2.05) is 12.1 Å². The summed E-state index contributed by atoms with van der Waals surface area (Å²) in [6.45, 7) is 3.42. The van der Waals surface area contributed by atoms with Crippen LogP contribution in [0.2, 0.25) is 0 Å². The van der Waals surface area contributed by atoms with Gasteiger partial charge < -0.3 is 24.1 Å². The molecule has 160 valence electrons. The number of anilines is 1. The first kappa shape index (κ1) is 21.4. The van der Waals surface area contributed by atoms with Gasteiger partial charge in [0, 0.05) is 31.9 Å². The summed E-state index contributed by atoms with van der Waals surface area (Å²) in [5, 5.41) is 2.77. The summed E-state index contributed by atoms with van der Waals surface area (Å²) in [5.74, 6) is -0.331. The zero-order valence-electron chi connectivity index (χ0n) is 17.1. The largest absolute Gasteiger partial charge is 0.468 e. The van der Waals surface area contributed by atoms with Gasteiger partial charge in [-0.1, -0.05) is 0 Å². The number of nitrogens with zero attached hydrogens (tertiary/aromatic N) is 2. The topological polar surface area (TPSA) is 101 Å². The number of furan rings is 1. The summed E-state index contributed by atoms with van der Waals surface area (Å²) in [6, 6.07) is 7.80. The second kappa shape index (κ2) is 9.93. The molecule has 1 aromatic carbocycles. The van der Waals surface area contributed by atoms with Gasteiger partial charge in [0.2, 0.25) is 0 Å². The Morgan fingerprint density at radius 3 is 2.30 bits per heavy atom. The molecule has 1 N–H and O–H groups in total. The summed E-state index contributed by atoms with van der Waals surface area (Å²) in [6.07, 6.45) is 2.47. The molecule has 1 saturated heterocycles. The average Bonchev–Trinajstić information content (AvgIpc) is 3.15. The molecular weight excluding hydrogens is 390 g/mol. The Labute approximate surface area is 174 Å². The molecule has 1 fully saturated rings. The molecule has 30 heavy (non-hydrogen) atoms. The molecular formula is C21H25N3O6. The van der Waals surface area contributed by atoms with E-state index in [0.717, 1.165) is 18.7 Å². The number of carbonyl (C=O) groups excluding carboxylic acids is 3. The molecule has 9 heteroatoms. The SMILES string of the molecule is COC(=O)c1cc(NC(=O)N2CCCN(Cc3ccco3)CC2)cc(C(=O)OC)c1. The minimum Gasteiger partial charge on any atom is -0.468 e. The van der Waals surface area contributed by atoms with E-state index in [-0.39, 0.29) is 17.2 Å². The number of hydrogen-bond acceptors (Lipinski definition) is 7. The standard InChI is InChI=1S/C21H25N3O6/c1-28-19(25)15-11-16(20(26)29-2)13-17(12-15)22-21(27)24-7-4-6-23(8-9-24)14-18-5-3-10-30-18/h3,5,10-13H,4,6-9,14H2,1-2H3,(H,22,27). The number of esters is 2. The summed E-state index contributed by atoms with van der Waals surface area (Å²) >= 11 is 0. The lowest BCUT2D eigenvalue weighted by molar-refractivity contribution is 0.0599. The van der Waals surface area contributed by atoms with E-state index in [0.29, 0.717) is 31.9 Å². The summed E-state index contributed by atoms with van der Waals surface area (Å²) in [5.41, 5.74) is 0.618. The maximum absolute atomic E-state index is 12.8. The molecule has 0 spiro atoms. The van der Waals surface area contributed by atoms with E-state index in [9.17, 15) is 14.4 Å². The maximum atomic E-state index is 12.8. The van der Waals surface area contributed by atoms with Crippen molar-refractivity contribution in [2.75, 3.05) is 45.7 Å². The highest BCUT2D eigenvalue weighted by Crippen LogP contribution is 2.18. The van der Waals surface area contributed by atoms with E-state index in [2.05, 4.69) is 10.2 Å². The fraction of sp³-hybridized carbons (Fsp3) is 0.381. The number of nitrogens with one attached hydrogen (secondary N) is 1. The van der Waals surface area contributed by atoms with Gasteiger partial charge in [0.15, 0.2) is 0 Å². The number of ether oxygens (including phenoxy) is 2. The smallest absolute Gasteiger partial charge is 0.337 e. The van der Waals surface area contributed by atoms with Gasteiger partial charge in [-0.3, -0.25) is 4.90 Å². The van der Waals surface area contributed by atoms with Gasteiger partial charge in [-0.2, -0.15) is 0 Å². The Bertz CT molecular complexity index is 862. The highest BCUT2D eigenvalue weighted by atomic mass is 16.5. The van der Waals surface area contributed by atoms with E-state index < -0.39 is 11.9 Å². The van der Waals surface area contributed by atoms with Crippen molar-refractivity contribution in [1.82, 2.24) is 9.80 Å². The van der Waals surface area contributed by atoms with Gasteiger partial charge in [-0.25, -0.2) is 14.4 Å². The van der Waals surface area contributed by atoms with Crippen LogP contribution in [-0.2, 0) is 16.0 Å². The van der Waals surface area contributed by atoms with Gasteiger partial charge >= 0.3 is 18.0 Å². The molecule has 0 saturated carbocycles. The lowest BCUT2D eigenvalue weighted by Gasteiger charge is -2.22. The lowest BCUT2D eigenvalue weighted by atomic mass is 10.1. The molecule has 0 unspecified atom stereocenters. The van der Waals surface area contributed by atoms with Gasteiger partial charge in [-0.15, -0.1) is 0 Å². The van der Waals surface area contributed by atoms with Gasteiger partial charge in [0.05, 0.1) is 38.2 Å². The fourth-order valence-corrected chi connectivity index (χ4v) is 3.33. The number of amides is 2. The van der Waals surface area contributed by atoms with Crippen molar-refractivity contribution in [2.24, 2.45) is 0 Å². The van der Waals surface area contributed by atoms with E-state index in [1.54, 1.807) is 11.2 Å². The summed E-state index contributed by atoms with van der Waals surface area (Å²) in [4.78, 5) is 40.6. The minimum absolute atomic E-state index is 0.149. The summed E-state index contributed by atoms with van der Waals surface area (Å²) < 4.78 is 14.8. The quantitative estimate of drug-likeness (QED) is 0.749. The van der Waals surface area contributed by atoms with Crippen LogP contribution in [0.15, 0.2) is 41.0 Å². The Hall–Kier alpha value is -3.33. The highest BCUT2D eigenvalue weighted by Gasteiger charge is 2.21. The number of benzene rings is 1. The second-order valence-electron chi connectivity index (χ2n) is 6.91. The first-order chi connectivity index (χ1) is 14.5. The number of urea groups is 1. The Morgan fingerprint density at radius 1 is 1.00 bits per heavy atom. The van der Waals surface area contributed by atoms with Gasteiger partial charge in [0.25, 0.3) is 0 Å². The van der Waals surface area contributed by atoms with Crippen molar-refractivity contribution >= 4 is 23.7 Å². The molecule has 0 aliphatic carbocycles. The van der Waals surface area contributed by atoms with Crippen LogP contribution in [0.1, 0.15) is 32.9 Å². The Balaban J connectivity index is 1.67. The van der Waals surface area contributed by atoms with Crippen LogP contribution in [0.3, 0.4) is 0 Å². The maximum Gasteiger partial charge on any atom is 0.337 e. The second-order valence-corrected chi connectivity index (χ2v) is 6.91. The van der Waals surface area contributed by atoms with Crippen molar-refractivity contribution in [3.63, 3.8) is 0 Å². The van der Waals surface area contributed by atoms with E-state index in [4.69, 9.17) is 13.9 Å². The third kappa shape index (κ3) is 5.38. The predicted octanol–water partition coefficient (Wildman–Crippen LogP) is 2.59. The molecule has 3 rings (SSSR count). The highest BCUT2D eigenvalue weighted by molar-refractivity contribution is 5.99. The molecule has 0 bridgehead atoms. The van der Waals surface area contributed by atoms with E-state index >= 15 is 0 Å². The van der Waals surface area contributed by atoms with Crippen LogP contribution in [0.25, 0.3) is 0 Å². The van der Waals surface area contributed by atoms with Crippen LogP contribution in [-0.4, -0.2) is 68.2 Å². The molecule has 1 aromatic heterocycles. The molecule has 2 heterocycles. The van der Waals surface area contributed by atoms with Crippen molar-refractivity contribution in [3.8, 4) is 0 Å². The molecule has 1 aliphatic rings. The fourth-order valence-electron chi connectivity index (χ4n) is 3.33. The van der Waals surface area contributed by atoms with Crippen molar-refractivity contribution in [1.29, 1.82) is 0 Å². The number of methoxy groups -OCH3 is 2. The lowest BCUT2D eigenvalue weighted by Crippen LogP contribution is -2.38.